The van der Waals surface area contributed by atoms with Crippen LogP contribution in [-0.4, -0.2) is 42.5 Å². The van der Waals surface area contributed by atoms with Gasteiger partial charge in [0.25, 0.3) is 0 Å². The van der Waals surface area contributed by atoms with Gasteiger partial charge in [0.2, 0.25) is 0 Å². The van der Waals surface area contributed by atoms with Gasteiger partial charge in [-0.25, -0.2) is 0 Å². The monoisotopic (exact) mass is 311 g/mol. The Morgan fingerprint density at radius 1 is 1.38 bits per heavy atom. The van der Waals surface area contributed by atoms with Gasteiger partial charge < -0.3 is 15.2 Å². The van der Waals surface area contributed by atoms with Crippen LogP contribution >= 0.6 is 0 Å². The standard InChI is InChI=1S/C14H24F3NO3/c1-2-21-12(19)11-4-7-13(20,8-5-11)10-18-9-3-6-14(15,16)17/h11,18,20H,2-10H2,1H3. The fourth-order valence-electron chi connectivity index (χ4n) is 2.56. The summed E-state index contributed by atoms with van der Waals surface area (Å²) >= 11 is 0. The van der Waals surface area contributed by atoms with Gasteiger partial charge in [-0.1, -0.05) is 0 Å². The Balaban J connectivity index is 2.20. The predicted molar refractivity (Wildman–Crippen MR) is 71.7 cm³/mol. The van der Waals surface area contributed by atoms with E-state index in [2.05, 4.69) is 5.32 Å². The zero-order chi connectivity index (χ0) is 15.9. The summed E-state index contributed by atoms with van der Waals surface area (Å²) in [6, 6.07) is 0. The lowest BCUT2D eigenvalue weighted by molar-refractivity contribution is -0.151. The van der Waals surface area contributed by atoms with Crippen molar-refractivity contribution in [1.29, 1.82) is 0 Å². The number of carbonyl (C=O) groups excluding carboxylic acids is 1. The van der Waals surface area contributed by atoms with Crippen LogP contribution in [0.2, 0.25) is 0 Å². The van der Waals surface area contributed by atoms with Crippen LogP contribution in [0.15, 0.2) is 0 Å². The SMILES string of the molecule is CCOC(=O)C1CCC(O)(CNCCCC(F)(F)F)CC1. The molecular formula is C14H24F3NO3. The molecule has 4 nitrogen and oxygen atoms in total. The highest BCUT2D eigenvalue weighted by Gasteiger charge is 2.36. The van der Waals surface area contributed by atoms with E-state index in [1.807, 2.05) is 0 Å². The summed E-state index contributed by atoms with van der Waals surface area (Å²) in [7, 11) is 0. The van der Waals surface area contributed by atoms with Gasteiger partial charge in [0, 0.05) is 13.0 Å². The van der Waals surface area contributed by atoms with Crippen molar-refractivity contribution in [2.24, 2.45) is 5.92 Å². The molecule has 0 aromatic rings. The fourth-order valence-corrected chi connectivity index (χ4v) is 2.56. The Labute approximate surface area is 123 Å². The average molecular weight is 311 g/mol. The molecule has 1 saturated carbocycles. The molecule has 0 saturated heterocycles. The molecule has 1 rings (SSSR count). The maximum atomic E-state index is 12.0. The van der Waals surface area contributed by atoms with E-state index in [4.69, 9.17) is 4.74 Å². The molecule has 21 heavy (non-hydrogen) atoms. The topological polar surface area (TPSA) is 58.6 Å². The van der Waals surface area contributed by atoms with Crippen LogP contribution in [0.5, 0.6) is 0 Å². The van der Waals surface area contributed by atoms with E-state index in [1.54, 1.807) is 6.92 Å². The third-order valence-electron chi connectivity index (χ3n) is 3.80. The third-order valence-corrected chi connectivity index (χ3v) is 3.80. The first kappa shape index (κ1) is 18.2. The number of halogens is 3. The van der Waals surface area contributed by atoms with Gasteiger partial charge in [0.15, 0.2) is 0 Å². The van der Waals surface area contributed by atoms with E-state index in [0.29, 0.717) is 32.3 Å². The molecular weight excluding hydrogens is 287 g/mol. The maximum absolute atomic E-state index is 12.0. The first-order chi connectivity index (χ1) is 9.76. The summed E-state index contributed by atoms with van der Waals surface area (Å²) < 4.78 is 40.9. The van der Waals surface area contributed by atoms with Crippen molar-refractivity contribution in [2.75, 3.05) is 19.7 Å². The van der Waals surface area contributed by atoms with Crippen molar-refractivity contribution >= 4 is 5.97 Å². The molecule has 2 N–H and O–H groups in total. The van der Waals surface area contributed by atoms with Gasteiger partial charge in [-0.2, -0.15) is 13.2 Å². The highest BCUT2D eigenvalue weighted by atomic mass is 19.4. The van der Waals surface area contributed by atoms with E-state index >= 15 is 0 Å². The first-order valence-corrected chi connectivity index (χ1v) is 7.42. The van der Waals surface area contributed by atoms with Crippen molar-refractivity contribution < 1.29 is 27.8 Å². The zero-order valence-corrected chi connectivity index (χ0v) is 12.3. The number of esters is 1. The maximum Gasteiger partial charge on any atom is 0.389 e. The van der Waals surface area contributed by atoms with Crippen LogP contribution in [0.25, 0.3) is 0 Å². The van der Waals surface area contributed by atoms with Crippen LogP contribution < -0.4 is 5.32 Å². The minimum Gasteiger partial charge on any atom is -0.466 e. The number of ether oxygens (including phenoxy) is 1. The Hall–Kier alpha value is -0.820. The number of hydrogen-bond donors (Lipinski definition) is 2. The van der Waals surface area contributed by atoms with Crippen molar-refractivity contribution in [3.8, 4) is 0 Å². The minimum atomic E-state index is -4.13. The molecule has 0 radical (unpaired) electrons. The second-order valence-electron chi connectivity index (χ2n) is 5.65. The molecule has 0 spiro atoms. The molecule has 1 aliphatic rings. The molecule has 124 valence electrons. The third kappa shape index (κ3) is 7.13. The van der Waals surface area contributed by atoms with Gasteiger partial charge in [-0.05, 0) is 45.6 Å². The van der Waals surface area contributed by atoms with E-state index in [0.717, 1.165) is 0 Å². The molecule has 1 aliphatic carbocycles. The van der Waals surface area contributed by atoms with Crippen molar-refractivity contribution in [3.05, 3.63) is 0 Å². The van der Waals surface area contributed by atoms with Crippen molar-refractivity contribution in [2.45, 2.75) is 57.2 Å². The Bertz CT molecular complexity index is 326. The lowest BCUT2D eigenvalue weighted by atomic mass is 9.79. The number of alkyl halides is 3. The summed E-state index contributed by atoms with van der Waals surface area (Å²) in [6.45, 7) is 2.59. The summed E-state index contributed by atoms with van der Waals surface area (Å²) in [5, 5.41) is 13.2. The molecule has 0 amide bonds. The first-order valence-electron chi connectivity index (χ1n) is 7.42. The van der Waals surface area contributed by atoms with Crippen molar-refractivity contribution in [3.63, 3.8) is 0 Å². The Morgan fingerprint density at radius 3 is 2.52 bits per heavy atom. The average Bonchev–Trinajstić information content (AvgIpc) is 2.38. The van der Waals surface area contributed by atoms with Crippen LogP contribution in [0.1, 0.15) is 45.4 Å². The molecule has 0 aliphatic heterocycles. The Morgan fingerprint density at radius 2 is 2.00 bits per heavy atom. The number of hydrogen-bond acceptors (Lipinski definition) is 4. The molecule has 7 heteroatoms. The largest absolute Gasteiger partial charge is 0.466 e. The van der Waals surface area contributed by atoms with Gasteiger partial charge in [0.1, 0.15) is 0 Å². The highest BCUT2D eigenvalue weighted by Crippen LogP contribution is 2.32. The quantitative estimate of drug-likeness (QED) is 0.560. The number of nitrogens with one attached hydrogen (secondary N) is 1. The minimum absolute atomic E-state index is 0.00499. The van der Waals surface area contributed by atoms with E-state index < -0.39 is 18.2 Å². The summed E-state index contributed by atoms with van der Waals surface area (Å²) in [6.07, 6.45) is -2.91. The second kappa shape index (κ2) is 7.98. The second-order valence-corrected chi connectivity index (χ2v) is 5.65. The van der Waals surface area contributed by atoms with E-state index in [9.17, 15) is 23.1 Å². The molecule has 0 atom stereocenters. The van der Waals surface area contributed by atoms with E-state index in [1.165, 1.54) is 0 Å². The lowest BCUT2D eigenvalue weighted by Crippen LogP contribution is -2.45. The van der Waals surface area contributed by atoms with Crippen LogP contribution in [0, 0.1) is 5.92 Å². The van der Waals surface area contributed by atoms with Gasteiger partial charge in [-0.3, -0.25) is 4.79 Å². The Kier molecular flexibility index (Phi) is 6.93. The normalized spacial score (nSPS) is 26.6. The lowest BCUT2D eigenvalue weighted by Gasteiger charge is -2.35. The highest BCUT2D eigenvalue weighted by molar-refractivity contribution is 5.72. The van der Waals surface area contributed by atoms with Gasteiger partial charge in [-0.15, -0.1) is 0 Å². The fraction of sp³-hybridized carbons (Fsp3) is 0.929. The molecule has 0 aromatic carbocycles. The summed E-state index contributed by atoms with van der Waals surface area (Å²) in [5.41, 5.74) is -0.929. The summed E-state index contributed by atoms with van der Waals surface area (Å²) in [5.74, 6) is -0.395. The molecule has 1 fully saturated rings. The summed E-state index contributed by atoms with van der Waals surface area (Å²) in [4.78, 5) is 11.6. The number of rotatable bonds is 7. The molecule has 0 bridgehead atoms. The van der Waals surface area contributed by atoms with Crippen molar-refractivity contribution in [1.82, 2.24) is 5.32 Å². The molecule has 0 heterocycles. The van der Waals surface area contributed by atoms with E-state index in [-0.39, 0.29) is 31.4 Å². The molecule has 0 unspecified atom stereocenters. The predicted octanol–water partition coefficient (Wildman–Crippen LogP) is 2.40. The van der Waals surface area contributed by atoms with Crippen LogP contribution in [0.3, 0.4) is 0 Å². The van der Waals surface area contributed by atoms with Crippen LogP contribution in [0.4, 0.5) is 13.2 Å². The molecule has 0 aromatic heterocycles. The smallest absolute Gasteiger partial charge is 0.389 e. The zero-order valence-electron chi connectivity index (χ0n) is 12.3. The van der Waals surface area contributed by atoms with Crippen LogP contribution in [-0.2, 0) is 9.53 Å². The number of aliphatic hydroxyl groups is 1. The number of carbonyl (C=O) groups is 1. The van der Waals surface area contributed by atoms with Gasteiger partial charge >= 0.3 is 12.1 Å². The van der Waals surface area contributed by atoms with Gasteiger partial charge in [0.05, 0.1) is 18.1 Å².